The molecule has 2 rings (SSSR count). The average molecular weight is 367 g/mol. The summed E-state index contributed by atoms with van der Waals surface area (Å²) in [6.45, 7) is 2.33. The van der Waals surface area contributed by atoms with Crippen LogP contribution < -0.4 is 5.32 Å². The summed E-state index contributed by atoms with van der Waals surface area (Å²) in [5.74, 6) is -0.422. The van der Waals surface area contributed by atoms with Gasteiger partial charge in [-0.05, 0) is 45.0 Å². The van der Waals surface area contributed by atoms with Gasteiger partial charge in [0.25, 0.3) is 0 Å². The number of anilines is 1. The minimum absolute atomic E-state index is 0.168. The maximum absolute atomic E-state index is 11.9. The second-order valence-electron chi connectivity index (χ2n) is 4.67. The lowest BCUT2D eigenvalue weighted by Crippen LogP contribution is -2.14. The van der Waals surface area contributed by atoms with Crippen LogP contribution in [-0.2, 0) is 17.8 Å². The van der Waals surface area contributed by atoms with Crippen LogP contribution in [0, 0.1) is 10.1 Å². The molecule has 0 atom stereocenters. The van der Waals surface area contributed by atoms with Gasteiger partial charge in [0.1, 0.15) is 4.47 Å². The van der Waals surface area contributed by atoms with E-state index in [2.05, 4.69) is 33.3 Å². The molecule has 0 aliphatic rings. The van der Waals surface area contributed by atoms with Crippen molar-refractivity contribution in [1.82, 2.24) is 9.78 Å². The molecule has 8 heteroatoms. The van der Waals surface area contributed by atoms with Gasteiger partial charge in [-0.3, -0.25) is 4.79 Å². The Morgan fingerprint density at radius 1 is 1.41 bits per heavy atom. The molecular formula is C14H15BrN4O3. The lowest BCUT2D eigenvalue weighted by atomic mass is 10.1. The summed E-state index contributed by atoms with van der Waals surface area (Å²) >= 11 is 3.07. The molecule has 116 valence electrons. The van der Waals surface area contributed by atoms with Gasteiger partial charge in [-0.1, -0.05) is 19.1 Å². The number of nitrogens with zero attached hydrogens (tertiary/aromatic N) is 3. The van der Waals surface area contributed by atoms with Gasteiger partial charge in [0.05, 0.1) is 17.8 Å². The highest BCUT2D eigenvalue weighted by Gasteiger charge is 2.18. The molecular weight excluding hydrogens is 352 g/mol. The standard InChI is InChI=1S/C14H15BrN4O3/c1-2-10-3-5-11(6-4-10)16-13(20)7-8-18-9-12(15)14(17-18)19(21)22/h3-6,9H,2,7-8H2,1H3,(H,16,20). The fourth-order valence-corrected chi connectivity index (χ4v) is 2.35. The molecule has 7 nitrogen and oxygen atoms in total. The van der Waals surface area contributed by atoms with Crippen molar-refractivity contribution in [3.63, 3.8) is 0 Å². The Balaban J connectivity index is 1.89. The van der Waals surface area contributed by atoms with Crippen LogP contribution in [0.2, 0.25) is 0 Å². The molecule has 0 saturated heterocycles. The first kappa shape index (κ1) is 16.2. The number of hydrogen-bond acceptors (Lipinski definition) is 4. The second-order valence-corrected chi connectivity index (χ2v) is 5.52. The summed E-state index contributed by atoms with van der Waals surface area (Å²) in [5, 5.41) is 17.3. The van der Waals surface area contributed by atoms with Crippen LogP contribution in [-0.4, -0.2) is 20.6 Å². The summed E-state index contributed by atoms with van der Waals surface area (Å²) in [6, 6.07) is 7.63. The van der Waals surface area contributed by atoms with E-state index >= 15 is 0 Å². The normalized spacial score (nSPS) is 10.5. The zero-order valence-electron chi connectivity index (χ0n) is 12.0. The Bertz CT molecular complexity index is 682. The molecule has 22 heavy (non-hydrogen) atoms. The number of nitrogens with one attached hydrogen (secondary N) is 1. The van der Waals surface area contributed by atoms with E-state index in [0.717, 1.165) is 12.1 Å². The first-order valence-corrected chi connectivity index (χ1v) is 7.55. The summed E-state index contributed by atoms with van der Waals surface area (Å²) < 4.78 is 1.68. The van der Waals surface area contributed by atoms with Crippen molar-refractivity contribution < 1.29 is 9.72 Å². The van der Waals surface area contributed by atoms with Crippen molar-refractivity contribution in [2.24, 2.45) is 0 Å². The summed E-state index contributed by atoms with van der Waals surface area (Å²) in [6.07, 6.45) is 2.61. The molecule has 2 aromatic rings. The highest BCUT2D eigenvalue weighted by atomic mass is 79.9. The third-order valence-corrected chi connectivity index (χ3v) is 3.65. The third kappa shape index (κ3) is 4.14. The van der Waals surface area contributed by atoms with E-state index < -0.39 is 4.92 Å². The molecule has 1 aromatic heterocycles. The molecule has 0 saturated carbocycles. The fraction of sp³-hybridized carbons (Fsp3) is 0.286. The predicted molar refractivity (Wildman–Crippen MR) is 85.6 cm³/mol. The Kier molecular flexibility index (Phi) is 5.26. The van der Waals surface area contributed by atoms with Crippen molar-refractivity contribution in [2.75, 3.05) is 5.32 Å². The second kappa shape index (κ2) is 7.17. The Labute approximate surface area is 135 Å². The number of rotatable bonds is 6. The van der Waals surface area contributed by atoms with Gasteiger partial charge in [0.15, 0.2) is 0 Å². The van der Waals surface area contributed by atoms with E-state index in [1.165, 1.54) is 16.4 Å². The molecule has 0 unspecified atom stereocenters. The number of aryl methyl sites for hydroxylation is 2. The van der Waals surface area contributed by atoms with Crippen LogP contribution in [0.4, 0.5) is 11.5 Å². The zero-order valence-corrected chi connectivity index (χ0v) is 13.5. The van der Waals surface area contributed by atoms with Gasteiger partial charge >= 0.3 is 5.82 Å². The highest BCUT2D eigenvalue weighted by molar-refractivity contribution is 9.10. The van der Waals surface area contributed by atoms with Crippen LogP contribution in [0.5, 0.6) is 0 Å². The average Bonchev–Trinajstić information content (AvgIpc) is 2.87. The topological polar surface area (TPSA) is 90.1 Å². The number of amides is 1. The number of carbonyl (C=O) groups is 1. The molecule has 0 spiro atoms. The molecule has 0 aliphatic carbocycles. The van der Waals surface area contributed by atoms with E-state index in [9.17, 15) is 14.9 Å². The molecule has 1 aromatic carbocycles. The number of aromatic nitrogens is 2. The first-order valence-electron chi connectivity index (χ1n) is 6.75. The minimum Gasteiger partial charge on any atom is -0.358 e. The number of benzene rings is 1. The Morgan fingerprint density at radius 2 is 2.09 bits per heavy atom. The quantitative estimate of drug-likeness (QED) is 0.627. The third-order valence-electron chi connectivity index (χ3n) is 3.09. The van der Waals surface area contributed by atoms with Gasteiger partial charge in [-0.25, -0.2) is 0 Å². The molecule has 1 N–H and O–H groups in total. The first-order chi connectivity index (χ1) is 10.5. The molecule has 0 bridgehead atoms. The van der Waals surface area contributed by atoms with Crippen LogP contribution >= 0.6 is 15.9 Å². The van der Waals surface area contributed by atoms with Crippen molar-refractivity contribution in [2.45, 2.75) is 26.3 Å². The van der Waals surface area contributed by atoms with Crippen LogP contribution in [0.1, 0.15) is 18.9 Å². The van der Waals surface area contributed by atoms with Crippen molar-refractivity contribution in [3.05, 3.63) is 50.6 Å². The molecule has 1 heterocycles. The van der Waals surface area contributed by atoms with E-state index in [4.69, 9.17) is 0 Å². The van der Waals surface area contributed by atoms with Gasteiger partial charge in [-0.2, -0.15) is 4.68 Å². The Morgan fingerprint density at radius 3 is 2.64 bits per heavy atom. The van der Waals surface area contributed by atoms with E-state index in [1.807, 2.05) is 24.3 Å². The SMILES string of the molecule is CCc1ccc(NC(=O)CCn2cc(Br)c([N+](=O)[O-])n2)cc1. The van der Waals surface area contributed by atoms with E-state index in [0.29, 0.717) is 4.47 Å². The van der Waals surface area contributed by atoms with E-state index in [-0.39, 0.29) is 24.7 Å². The smallest absolute Gasteiger partial charge is 0.358 e. The molecule has 1 amide bonds. The lowest BCUT2D eigenvalue weighted by Gasteiger charge is -2.05. The van der Waals surface area contributed by atoms with Crippen LogP contribution in [0.3, 0.4) is 0 Å². The minimum atomic E-state index is -0.573. The molecule has 0 radical (unpaired) electrons. The fourth-order valence-electron chi connectivity index (χ4n) is 1.89. The number of hydrogen-bond donors (Lipinski definition) is 1. The van der Waals surface area contributed by atoms with Gasteiger partial charge in [0, 0.05) is 12.1 Å². The summed E-state index contributed by atoms with van der Waals surface area (Å²) in [4.78, 5) is 22.0. The van der Waals surface area contributed by atoms with Crippen molar-refractivity contribution in [3.8, 4) is 0 Å². The largest absolute Gasteiger partial charge is 0.404 e. The van der Waals surface area contributed by atoms with E-state index in [1.54, 1.807) is 0 Å². The van der Waals surface area contributed by atoms with Crippen molar-refractivity contribution >= 4 is 33.3 Å². The maximum atomic E-state index is 11.9. The van der Waals surface area contributed by atoms with Gasteiger partial charge in [0.2, 0.25) is 5.91 Å². The molecule has 0 fully saturated rings. The summed E-state index contributed by atoms with van der Waals surface area (Å²) in [7, 11) is 0. The summed E-state index contributed by atoms with van der Waals surface area (Å²) in [5.41, 5.74) is 1.93. The monoisotopic (exact) mass is 366 g/mol. The lowest BCUT2D eigenvalue weighted by molar-refractivity contribution is -0.390. The number of halogens is 1. The predicted octanol–water partition coefficient (Wildman–Crippen LogP) is 3.15. The number of carbonyl (C=O) groups excluding carboxylic acids is 1. The van der Waals surface area contributed by atoms with Crippen LogP contribution in [0.15, 0.2) is 34.9 Å². The number of nitro groups is 1. The van der Waals surface area contributed by atoms with Crippen molar-refractivity contribution in [1.29, 1.82) is 0 Å². The Hall–Kier alpha value is -2.22. The highest BCUT2D eigenvalue weighted by Crippen LogP contribution is 2.22. The maximum Gasteiger partial charge on any atom is 0.404 e. The van der Waals surface area contributed by atoms with Crippen LogP contribution in [0.25, 0.3) is 0 Å². The zero-order chi connectivity index (χ0) is 16.1. The molecule has 0 aliphatic heterocycles. The van der Waals surface area contributed by atoms with Gasteiger partial charge < -0.3 is 15.4 Å². The van der Waals surface area contributed by atoms with Gasteiger partial charge in [-0.15, -0.1) is 0 Å².